The Morgan fingerprint density at radius 3 is 2.69 bits per heavy atom. The summed E-state index contributed by atoms with van der Waals surface area (Å²) in [4.78, 5) is 10.4. The topological polar surface area (TPSA) is 69.6 Å². The molecular weight excluding hydrogens is 206 g/mol. The molecule has 0 fully saturated rings. The van der Waals surface area contributed by atoms with Gasteiger partial charge in [-0.15, -0.1) is 0 Å². The van der Waals surface area contributed by atoms with E-state index in [1.807, 2.05) is 31.2 Å². The first-order valence-corrected chi connectivity index (χ1v) is 5.25. The molecule has 1 rings (SSSR count). The third-order valence-corrected chi connectivity index (χ3v) is 2.35. The summed E-state index contributed by atoms with van der Waals surface area (Å²) in [5.41, 5.74) is 1.86. The van der Waals surface area contributed by atoms with Crippen LogP contribution in [0.25, 0.3) is 0 Å². The molecule has 16 heavy (non-hydrogen) atoms. The van der Waals surface area contributed by atoms with Crippen LogP contribution in [0.2, 0.25) is 0 Å². The quantitative estimate of drug-likeness (QED) is 0.730. The van der Waals surface area contributed by atoms with E-state index in [2.05, 4.69) is 5.32 Å². The largest absolute Gasteiger partial charge is 0.465 e. The zero-order valence-electron chi connectivity index (χ0n) is 9.47. The molecule has 0 aliphatic heterocycles. The molecule has 0 aliphatic carbocycles. The summed E-state index contributed by atoms with van der Waals surface area (Å²) in [5, 5.41) is 20.4. The average Bonchev–Trinajstić information content (AvgIpc) is 2.16. The van der Waals surface area contributed by atoms with Crippen LogP contribution in [0.1, 0.15) is 31.1 Å². The van der Waals surface area contributed by atoms with Gasteiger partial charge in [-0.05, 0) is 31.4 Å². The highest BCUT2D eigenvalue weighted by atomic mass is 16.4. The van der Waals surface area contributed by atoms with Gasteiger partial charge in [0.2, 0.25) is 0 Å². The van der Waals surface area contributed by atoms with Crippen LogP contribution in [0.3, 0.4) is 0 Å². The van der Waals surface area contributed by atoms with Crippen molar-refractivity contribution < 1.29 is 15.0 Å². The zero-order valence-corrected chi connectivity index (χ0v) is 9.47. The summed E-state index contributed by atoms with van der Waals surface area (Å²) in [6.45, 7) is 3.52. The second-order valence-electron chi connectivity index (χ2n) is 3.98. The number of nitrogens with one attached hydrogen (secondary N) is 1. The molecule has 0 aliphatic rings. The molecule has 2 atom stereocenters. The number of hydrogen-bond donors (Lipinski definition) is 3. The lowest BCUT2D eigenvalue weighted by Crippen LogP contribution is -2.32. The van der Waals surface area contributed by atoms with Crippen molar-refractivity contribution in [2.45, 2.75) is 32.4 Å². The summed E-state index contributed by atoms with van der Waals surface area (Å²) >= 11 is 0. The Bertz CT molecular complexity index is 363. The molecule has 1 unspecified atom stereocenters. The van der Waals surface area contributed by atoms with Crippen molar-refractivity contribution in [1.82, 2.24) is 5.32 Å². The molecule has 4 heteroatoms. The van der Waals surface area contributed by atoms with Crippen LogP contribution >= 0.6 is 0 Å². The lowest BCUT2D eigenvalue weighted by Gasteiger charge is -2.12. The van der Waals surface area contributed by atoms with Gasteiger partial charge in [0.05, 0.1) is 6.10 Å². The number of amides is 1. The van der Waals surface area contributed by atoms with Crippen LogP contribution < -0.4 is 5.32 Å². The lowest BCUT2D eigenvalue weighted by molar-refractivity contribution is 0.190. The number of hydrogen-bond acceptors (Lipinski definition) is 2. The first-order valence-electron chi connectivity index (χ1n) is 5.25. The van der Waals surface area contributed by atoms with Crippen molar-refractivity contribution in [2.24, 2.45) is 0 Å². The molecular formula is C12H17NO3. The number of rotatable bonds is 4. The Hall–Kier alpha value is -1.55. The van der Waals surface area contributed by atoms with Crippen molar-refractivity contribution in [3.8, 4) is 0 Å². The number of carboxylic acid groups (broad SMARTS) is 1. The minimum absolute atomic E-state index is 0.137. The Morgan fingerprint density at radius 2 is 2.12 bits per heavy atom. The average molecular weight is 223 g/mol. The normalized spacial score (nSPS) is 14.2. The highest BCUT2D eigenvalue weighted by Gasteiger charge is 2.07. The minimum atomic E-state index is -1.01. The summed E-state index contributed by atoms with van der Waals surface area (Å²) in [7, 11) is 0. The van der Waals surface area contributed by atoms with Gasteiger partial charge in [0.15, 0.2) is 0 Å². The molecule has 88 valence electrons. The first kappa shape index (κ1) is 12.5. The standard InChI is InChI=1S/C12H17NO3/c1-8(13-12(15)16)6-10-4-3-5-11(7-10)9(2)14/h3-5,7-9,13-14H,6H2,1-2H3,(H,15,16)/t8?,9-/m1/s1. The molecule has 0 saturated carbocycles. The van der Waals surface area contributed by atoms with E-state index in [0.717, 1.165) is 11.1 Å². The Morgan fingerprint density at radius 1 is 1.44 bits per heavy atom. The van der Waals surface area contributed by atoms with Gasteiger partial charge in [0, 0.05) is 6.04 Å². The summed E-state index contributed by atoms with van der Waals surface area (Å²) in [6, 6.07) is 7.40. The molecule has 0 saturated heterocycles. The van der Waals surface area contributed by atoms with Crippen LogP contribution in [0, 0.1) is 0 Å². The smallest absolute Gasteiger partial charge is 0.404 e. The van der Waals surface area contributed by atoms with Crippen molar-refractivity contribution >= 4 is 6.09 Å². The lowest BCUT2D eigenvalue weighted by atomic mass is 10.0. The molecule has 0 heterocycles. The second-order valence-corrected chi connectivity index (χ2v) is 3.98. The minimum Gasteiger partial charge on any atom is -0.465 e. The van der Waals surface area contributed by atoms with Crippen molar-refractivity contribution in [2.75, 3.05) is 0 Å². The fourth-order valence-corrected chi connectivity index (χ4v) is 1.60. The van der Waals surface area contributed by atoms with Crippen LogP contribution in [0.15, 0.2) is 24.3 Å². The van der Waals surface area contributed by atoms with E-state index in [0.29, 0.717) is 6.42 Å². The van der Waals surface area contributed by atoms with Crippen LogP contribution in [-0.4, -0.2) is 22.3 Å². The summed E-state index contributed by atoms with van der Waals surface area (Å²) in [5.74, 6) is 0. The van der Waals surface area contributed by atoms with Crippen LogP contribution in [0.4, 0.5) is 4.79 Å². The van der Waals surface area contributed by atoms with E-state index in [-0.39, 0.29) is 6.04 Å². The maximum atomic E-state index is 10.4. The maximum absolute atomic E-state index is 10.4. The molecule has 1 aromatic carbocycles. The molecule has 1 amide bonds. The molecule has 0 aromatic heterocycles. The van der Waals surface area contributed by atoms with E-state index in [4.69, 9.17) is 5.11 Å². The van der Waals surface area contributed by atoms with E-state index < -0.39 is 12.2 Å². The number of aliphatic hydroxyl groups is 1. The molecule has 0 bridgehead atoms. The van der Waals surface area contributed by atoms with E-state index in [1.54, 1.807) is 6.92 Å². The van der Waals surface area contributed by atoms with Crippen molar-refractivity contribution in [3.05, 3.63) is 35.4 Å². The van der Waals surface area contributed by atoms with Gasteiger partial charge >= 0.3 is 6.09 Å². The predicted molar refractivity (Wildman–Crippen MR) is 61.4 cm³/mol. The summed E-state index contributed by atoms with van der Waals surface area (Å²) in [6.07, 6.45) is -0.894. The van der Waals surface area contributed by atoms with Crippen LogP contribution in [-0.2, 0) is 6.42 Å². The maximum Gasteiger partial charge on any atom is 0.404 e. The van der Waals surface area contributed by atoms with Crippen molar-refractivity contribution in [1.29, 1.82) is 0 Å². The molecule has 3 N–H and O–H groups in total. The van der Waals surface area contributed by atoms with E-state index >= 15 is 0 Å². The SMILES string of the molecule is CC(Cc1cccc([C@@H](C)O)c1)NC(=O)O. The van der Waals surface area contributed by atoms with E-state index in [1.165, 1.54) is 0 Å². The molecule has 0 radical (unpaired) electrons. The van der Waals surface area contributed by atoms with Crippen molar-refractivity contribution in [3.63, 3.8) is 0 Å². The fraction of sp³-hybridized carbons (Fsp3) is 0.417. The number of benzene rings is 1. The van der Waals surface area contributed by atoms with Crippen LogP contribution in [0.5, 0.6) is 0 Å². The van der Waals surface area contributed by atoms with Gasteiger partial charge < -0.3 is 15.5 Å². The first-order chi connectivity index (χ1) is 7.49. The Balaban J connectivity index is 2.66. The van der Waals surface area contributed by atoms with Gasteiger partial charge in [-0.1, -0.05) is 24.3 Å². The predicted octanol–water partition coefficient (Wildman–Crippen LogP) is 1.94. The Kier molecular flexibility index (Phi) is 4.31. The zero-order chi connectivity index (χ0) is 12.1. The monoisotopic (exact) mass is 223 g/mol. The van der Waals surface area contributed by atoms with Gasteiger partial charge in [0.25, 0.3) is 0 Å². The van der Waals surface area contributed by atoms with Gasteiger partial charge in [0.1, 0.15) is 0 Å². The third-order valence-electron chi connectivity index (χ3n) is 2.35. The number of aliphatic hydroxyl groups excluding tert-OH is 1. The van der Waals surface area contributed by atoms with Gasteiger partial charge in [-0.25, -0.2) is 4.79 Å². The van der Waals surface area contributed by atoms with Gasteiger partial charge in [-0.3, -0.25) is 0 Å². The number of carbonyl (C=O) groups is 1. The van der Waals surface area contributed by atoms with Gasteiger partial charge in [-0.2, -0.15) is 0 Å². The molecule has 4 nitrogen and oxygen atoms in total. The summed E-state index contributed by atoms with van der Waals surface area (Å²) < 4.78 is 0. The second kappa shape index (κ2) is 5.51. The Labute approximate surface area is 94.9 Å². The van der Waals surface area contributed by atoms with E-state index in [9.17, 15) is 9.90 Å². The fourth-order valence-electron chi connectivity index (χ4n) is 1.60. The highest BCUT2D eigenvalue weighted by molar-refractivity contribution is 5.64. The highest BCUT2D eigenvalue weighted by Crippen LogP contribution is 2.14. The third kappa shape index (κ3) is 3.90. The molecule has 0 spiro atoms. The molecule has 1 aromatic rings.